The van der Waals surface area contributed by atoms with E-state index in [1.165, 1.54) is 20.0 Å². The third kappa shape index (κ3) is 6.08. The minimum atomic E-state index is -0.104. The van der Waals surface area contributed by atoms with Gasteiger partial charge >= 0.3 is 5.97 Å². The number of ether oxygens (including phenoxy) is 3. The summed E-state index contributed by atoms with van der Waals surface area (Å²) in [5, 5.41) is 0. The molecular weight excluding hydrogens is 208 g/mol. The maximum absolute atomic E-state index is 10.8. The van der Waals surface area contributed by atoms with Gasteiger partial charge in [-0.2, -0.15) is 0 Å². The second-order valence-corrected chi connectivity index (χ2v) is 4.05. The first-order chi connectivity index (χ1) is 7.83. The average Bonchev–Trinajstić information content (AvgIpc) is 2.80. The molecule has 1 heterocycles. The number of unbranched alkanes of at least 4 members (excludes halogenated alkanes) is 4. The quantitative estimate of drug-likeness (QED) is 0.474. The van der Waals surface area contributed by atoms with Gasteiger partial charge in [-0.3, -0.25) is 4.79 Å². The van der Waals surface area contributed by atoms with Crippen molar-refractivity contribution < 1.29 is 19.0 Å². The molecule has 0 saturated carbocycles. The van der Waals surface area contributed by atoms with Crippen LogP contribution in [0.2, 0.25) is 0 Å². The van der Waals surface area contributed by atoms with Gasteiger partial charge in [0.1, 0.15) is 0 Å². The van der Waals surface area contributed by atoms with E-state index in [1.54, 1.807) is 0 Å². The van der Waals surface area contributed by atoms with Crippen molar-refractivity contribution in [2.45, 2.75) is 51.2 Å². The van der Waals surface area contributed by atoms with Crippen molar-refractivity contribution in [3.05, 3.63) is 0 Å². The van der Waals surface area contributed by atoms with Gasteiger partial charge < -0.3 is 14.2 Å². The average molecular weight is 230 g/mol. The third-order valence-electron chi connectivity index (χ3n) is 2.74. The van der Waals surface area contributed by atoms with Gasteiger partial charge in [0.25, 0.3) is 0 Å². The topological polar surface area (TPSA) is 44.8 Å². The Morgan fingerprint density at radius 3 is 2.44 bits per heavy atom. The first-order valence-electron chi connectivity index (χ1n) is 6.13. The number of esters is 1. The second-order valence-electron chi connectivity index (χ2n) is 4.05. The fourth-order valence-corrected chi connectivity index (χ4v) is 1.79. The SMILES string of the molecule is COC(=O)CCCCCCCC1OCCO1. The van der Waals surface area contributed by atoms with Crippen LogP contribution in [-0.4, -0.2) is 32.6 Å². The lowest BCUT2D eigenvalue weighted by Gasteiger charge is -2.07. The van der Waals surface area contributed by atoms with Gasteiger partial charge in [0, 0.05) is 6.42 Å². The molecule has 16 heavy (non-hydrogen) atoms. The largest absolute Gasteiger partial charge is 0.469 e. The zero-order valence-corrected chi connectivity index (χ0v) is 10.1. The zero-order chi connectivity index (χ0) is 11.6. The second kappa shape index (κ2) is 8.53. The van der Waals surface area contributed by atoms with Crippen molar-refractivity contribution in [1.29, 1.82) is 0 Å². The Hall–Kier alpha value is -0.610. The van der Waals surface area contributed by atoms with Crippen LogP contribution >= 0.6 is 0 Å². The van der Waals surface area contributed by atoms with E-state index in [9.17, 15) is 4.79 Å². The van der Waals surface area contributed by atoms with Crippen LogP contribution in [0.15, 0.2) is 0 Å². The molecule has 0 aliphatic carbocycles. The van der Waals surface area contributed by atoms with Crippen LogP contribution in [0.25, 0.3) is 0 Å². The number of methoxy groups -OCH3 is 1. The van der Waals surface area contributed by atoms with Crippen molar-refractivity contribution in [3.63, 3.8) is 0 Å². The molecule has 1 saturated heterocycles. The summed E-state index contributed by atoms with van der Waals surface area (Å²) in [6.07, 6.45) is 7.11. The Bertz CT molecular complexity index is 187. The van der Waals surface area contributed by atoms with Gasteiger partial charge in [-0.15, -0.1) is 0 Å². The van der Waals surface area contributed by atoms with Crippen LogP contribution in [0.4, 0.5) is 0 Å². The van der Waals surface area contributed by atoms with Crippen LogP contribution in [0.3, 0.4) is 0 Å². The highest BCUT2D eigenvalue weighted by molar-refractivity contribution is 5.68. The normalized spacial score (nSPS) is 16.6. The lowest BCUT2D eigenvalue weighted by atomic mass is 10.1. The van der Waals surface area contributed by atoms with Crippen LogP contribution < -0.4 is 0 Å². The highest BCUT2D eigenvalue weighted by atomic mass is 16.7. The van der Waals surface area contributed by atoms with Gasteiger partial charge in [0.05, 0.1) is 20.3 Å². The Morgan fingerprint density at radius 2 is 1.75 bits per heavy atom. The summed E-state index contributed by atoms with van der Waals surface area (Å²) < 4.78 is 15.3. The molecule has 0 bridgehead atoms. The minimum Gasteiger partial charge on any atom is -0.469 e. The summed E-state index contributed by atoms with van der Waals surface area (Å²) in [4.78, 5) is 10.8. The molecule has 0 spiro atoms. The van der Waals surface area contributed by atoms with E-state index in [-0.39, 0.29) is 12.3 Å². The van der Waals surface area contributed by atoms with E-state index in [0.29, 0.717) is 6.42 Å². The van der Waals surface area contributed by atoms with E-state index >= 15 is 0 Å². The Balaban J connectivity index is 1.79. The lowest BCUT2D eigenvalue weighted by Crippen LogP contribution is -2.06. The number of hydrogen-bond donors (Lipinski definition) is 0. The summed E-state index contributed by atoms with van der Waals surface area (Å²) in [7, 11) is 1.43. The first-order valence-corrected chi connectivity index (χ1v) is 6.13. The number of hydrogen-bond acceptors (Lipinski definition) is 4. The van der Waals surface area contributed by atoms with Gasteiger partial charge in [0.2, 0.25) is 0 Å². The van der Waals surface area contributed by atoms with Crippen LogP contribution in [0.5, 0.6) is 0 Å². The van der Waals surface area contributed by atoms with Crippen molar-refractivity contribution in [2.24, 2.45) is 0 Å². The smallest absolute Gasteiger partial charge is 0.305 e. The number of carbonyl (C=O) groups is 1. The molecule has 0 unspecified atom stereocenters. The highest BCUT2D eigenvalue weighted by Gasteiger charge is 2.14. The van der Waals surface area contributed by atoms with Crippen molar-refractivity contribution in [3.8, 4) is 0 Å². The maximum atomic E-state index is 10.8. The summed E-state index contributed by atoms with van der Waals surface area (Å²) >= 11 is 0. The molecule has 0 aromatic carbocycles. The van der Waals surface area contributed by atoms with Gasteiger partial charge in [-0.25, -0.2) is 0 Å². The molecule has 0 aromatic heterocycles. The van der Waals surface area contributed by atoms with Crippen molar-refractivity contribution >= 4 is 5.97 Å². The Labute approximate surface area is 97.2 Å². The van der Waals surface area contributed by atoms with E-state index in [0.717, 1.165) is 38.9 Å². The summed E-state index contributed by atoms with van der Waals surface area (Å²) in [5.74, 6) is -0.104. The highest BCUT2D eigenvalue weighted by Crippen LogP contribution is 2.14. The van der Waals surface area contributed by atoms with Gasteiger partial charge in [0.15, 0.2) is 6.29 Å². The molecule has 0 N–H and O–H groups in total. The number of carbonyl (C=O) groups excluding carboxylic acids is 1. The van der Waals surface area contributed by atoms with Gasteiger partial charge in [-0.1, -0.05) is 19.3 Å². The maximum Gasteiger partial charge on any atom is 0.305 e. The fraction of sp³-hybridized carbons (Fsp3) is 0.917. The Morgan fingerprint density at radius 1 is 1.12 bits per heavy atom. The molecule has 1 rings (SSSR count). The Kier molecular flexibility index (Phi) is 7.17. The minimum absolute atomic E-state index is 0.0371. The molecule has 4 nitrogen and oxygen atoms in total. The lowest BCUT2D eigenvalue weighted by molar-refractivity contribution is -0.140. The molecule has 0 atom stereocenters. The van der Waals surface area contributed by atoms with Crippen LogP contribution in [0, 0.1) is 0 Å². The van der Waals surface area contributed by atoms with E-state index in [4.69, 9.17) is 9.47 Å². The van der Waals surface area contributed by atoms with Crippen molar-refractivity contribution in [2.75, 3.05) is 20.3 Å². The summed E-state index contributed by atoms with van der Waals surface area (Å²) in [6, 6.07) is 0. The van der Waals surface area contributed by atoms with Gasteiger partial charge in [-0.05, 0) is 19.3 Å². The van der Waals surface area contributed by atoms with Crippen LogP contribution in [0.1, 0.15) is 44.9 Å². The molecule has 1 aliphatic rings. The van der Waals surface area contributed by atoms with E-state index in [1.807, 2.05) is 0 Å². The molecule has 94 valence electrons. The summed E-state index contributed by atoms with van der Waals surface area (Å²) in [6.45, 7) is 1.48. The molecule has 0 amide bonds. The molecular formula is C12H22O4. The molecule has 0 radical (unpaired) electrons. The predicted octanol–water partition coefficient (Wildman–Crippen LogP) is 2.26. The molecule has 1 fully saturated rings. The molecule has 1 aliphatic heterocycles. The standard InChI is InChI=1S/C12H22O4/c1-14-11(13)7-5-3-2-4-6-8-12-15-9-10-16-12/h12H,2-10H2,1H3. The third-order valence-corrected chi connectivity index (χ3v) is 2.74. The fourth-order valence-electron chi connectivity index (χ4n) is 1.79. The number of rotatable bonds is 8. The van der Waals surface area contributed by atoms with Crippen LogP contribution in [-0.2, 0) is 19.0 Å². The van der Waals surface area contributed by atoms with Crippen molar-refractivity contribution in [1.82, 2.24) is 0 Å². The summed E-state index contributed by atoms with van der Waals surface area (Å²) in [5.41, 5.74) is 0. The zero-order valence-electron chi connectivity index (χ0n) is 10.1. The van der Waals surface area contributed by atoms with E-state index < -0.39 is 0 Å². The molecule has 4 heteroatoms. The monoisotopic (exact) mass is 230 g/mol. The predicted molar refractivity (Wildman–Crippen MR) is 60.0 cm³/mol. The van der Waals surface area contributed by atoms with E-state index in [2.05, 4.69) is 4.74 Å². The first kappa shape index (κ1) is 13.5. The molecule has 0 aromatic rings.